The van der Waals surface area contributed by atoms with Gasteiger partial charge in [0.15, 0.2) is 0 Å². The molecule has 0 aromatic heterocycles. The molecule has 1 aromatic carbocycles. The van der Waals surface area contributed by atoms with E-state index in [9.17, 15) is 8.42 Å². The Morgan fingerprint density at radius 1 is 1.11 bits per heavy atom. The van der Waals surface area contributed by atoms with Crippen molar-refractivity contribution >= 4 is 44.8 Å². The second-order valence-corrected chi connectivity index (χ2v) is 6.68. The van der Waals surface area contributed by atoms with Gasteiger partial charge in [-0.2, -0.15) is 0 Å². The minimum absolute atomic E-state index is 0.0462. The van der Waals surface area contributed by atoms with Gasteiger partial charge in [-0.1, -0.05) is 54.6 Å². The Hall–Kier alpha value is -0.000000000000000167. The molecule has 1 aromatic rings. The molecule has 0 aliphatic rings. The van der Waals surface area contributed by atoms with Gasteiger partial charge in [-0.3, -0.25) is 0 Å². The first-order chi connectivity index (χ1) is 8.40. The Kier molecular flexibility index (Phi) is 6.21. The minimum Gasteiger partial charge on any atom is -0.211 e. The molecule has 0 amide bonds. The van der Waals surface area contributed by atoms with Crippen LogP contribution >= 0.6 is 34.8 Å². The summed E-state index contributed by atoms with van der Waals surface area (Å²) in [6, 6.07) is 2.76. The molecular formula is C11H14Cl3NO2S. The van der Waals surface area contributed by atoms with Crippen molar-refractivity contribution in [1.82, 2.24) is 4.72 Å². The maximum atomic E-state index is 12.0. The van der Waals surface area contributed by atoms with Crippen molar-refractivity contribution < 1.29 is 8.42 Å². The van der Waals surface area contributed by atoms with Gasteiger partial charge >= 0.3 is 0 Å². The van der Waals surface area contributed by atoms with Crippen LogP contribution in [0.1, 0.15) is 26.2 Å². The molecule has 7 heteroatoms. The van der Waals surface area contributed by atoms with E-state index in [1.165, 1.54) is 12.1 Å². The normalized spacial score (nSPS) is 11.8. The Morgan fingerprint density at radius 2 is 1.78 bits per heavy atom. The predicted octanol–water partition coefficient (Wildman–Crippen LogP) is 4.12. The van der Waals surface area contributed by atoms with Gasteiger partial charge in [-0.15, -0.1) is 0 Å². The zero-order valence-corrected chi connectivity index (χ0v) is 12.9. The molecule has 0 radical (unpaired) electrons. The van der Waals surface area contributed by atoms with Crippen LogP contribution in [0.5, 0.6) is 0 Å². The molecule has 0 unspecified atom stereocenters. The summed E-state index contributed by atoms with van der Waals surface area (Å²) in [4.78, 5) is -0.0462. The first-order valence-electron chi connectivity index (χ1n) is 5.53. The van der Waals surface area contributed by atoms with E-state index in [4.69, 9.17) is 34.8 Å². The number of rotatable bonds is 6. The van der Waals surface area contributed by atoms with Crippen LogP contribution in [0, 0.1) is 0 Å². The monoisotopic (exact) mass is 329 g/mol. The molecule has 102 valence electrons. The molecule has 0 spiro atoms. The summed E-state index contributed by atoms with van der Waals surface area (Å²) < 4.78 is 26.4. The quantitative estimate of drug-likeness (QED) is 0.630. The highest BCUT2D eigenvalue weighted by molar-refractivity contribution is 7.89. The maximum absolute atomic E-state index is 12.0. The summed E-state index contributed by atoms with van der Waals surface area (Å²) in [6.07, 6.45) is 2.78. The third-order valence-corrected chi connectivity index (χ3v) is 5.27. The topological polar surface area (TPSA) is 46.2 Å². The highest BCUT2D eigenvalue weighted by Crippen LogP contribution is 2.34. The molecule has 18 heavy (non-hydrogen) atoms. The van der Waals surface area contributed by atoms with Crippen LogP contribution < -0.4 is 4.72 Å². The van der Waals surface area contributed by atoms with Crippen LogP contribution in [0.25, 0.3) is 0 Å². The average Bonchev–Trinajstić information content (AvgIpc) is 2.31. The van der Waals surface area contributed by atoms with E-state index in [0.717, 1.165) is 19.3 Å². The number of unbranched alkanes of at least 4 members (excludes halogenated alkanes) is 2. The van der Waals surface area contributed by atoms with Crippen LogP contribution in [-0.4, -0.2) is 15.0 Å². The van der Waals surface area contributed by atoms with Gasteiger partial charge in [0.1, 0.15) is 4.90 Å². The average molecular weight is 331 g/mol. The summed E-state index contributed by atoms with van der Waals surface area (Å²) >= 11 is 17.5. The Labute approximate surface area is 122 Å². The standard InChI is InChI=1S/C11H14Cl3NO2S/c1-2-3-4-7-15-18(16,17)9-6-5-8(12)10(13)11(9)14/h5-6,15H,2-4,7H2,1H3. The van der Waals surface area contributed by atoms with Gasteiger partial charge in [0.05, 0.1) is 15.1 Å². The van der Waals surface area contributed by atoms with Crippen molar-refractivity contribution in [1.29, 1.82) is 0 Å². The summed E-state index contributed by atoms with van der Waals surface area (Å²) in [5, 5.41) is 0.230. The van der Waals surface area contributed by atoms with Crippen LogP contribution in [0.2, 0.25) is 15.1 Å². The molecule has 0 atom stereocenters. The van der Waals surface area contributed by atoms with Gasteiger partial charge in [0.25, 0.3) is 0 Å². The van der Waals surface area contributed by atoms with Gasteiger partial charge in [-0.25, -0.2) is 13.1 Å². The fourth-order valence-corrected chi connectivity index (χ4v) is 3.42. The van der Waals surface area contributed by atoms with Gasteiger partial charge in [0, 0.05) is 6.54 Å². The molecule has 0 bridgehead atoms. The number of sulfonamides is 1. The zero-order chi connectivity index (χ0) is 13.8. The van der Waals surface area contributed by atoms with E-state index in [1.807, 2.05) is 6.92 Å². The number of hydrogen-bond acceptors (Lipinski definition) is 2. The van der Waals surface area contributed by atoms with E-state index < -0.39 is 10.0 Å². The van der Waals surface area contributed by atoms with Crippen molar-refractivity contribution in [2.45, 2.75) is 31.1 Å². The molecule has 0 fully saturated rings. The van der Waals surface area contributed by atoms with Crippen molar-refractivity contribution in [3.05, 3.63) is 27.2 Å². The molecule has 3 nitrogen and oxygen atoms in total. The SMILES string of the molecule is CCCCCNS(=O)(=O)c1ccc(Cl)c(Cl)c1Cl. The highest BCUT2D eigenvalue weighted by Gasteiger charge is 2.20. The lowest BCUT2D eigenvalue weighted by Gasteiger charge is -2.09. The molecule has 0 aliphatic carbocycles. The van der Waals surface area contributed by atoms with Crippen molar-refractivity contribution in [3.63, 3.8) is 0 Å². The first kappa shape index (κ1) is 16.1. The van der Waals surface area contributed by atoms with Crippen LogP contribution in [-0.2, 0) is 10.0 Å². The number of halogens is 3. The van der Waals surface area contributed by atoms with E-state index >= 15 is 0 Å². The van der Waals surface area contributed by atoms with E-state index in [0.29, 0.717) is 6.54 Å². The lowest BCUT2D eigenvalue weighted by atomic mass is 10.3. The van der Waals surface area contributed by atoms with E-state index in [-0.39, 0.29) is 20.0 Å². The molecule has 0 saturated carbocycles. The largest absolute Gasteiger partial charge is 0.242 e. The van der Waals surface area contributed by atoms with Gasteiger partial charge < -0.3 is 0 Å². The van der Waals surface area contributed by atoms with Crippen LogP contribution in [0.15, 0.2) is 17.0 Å². The molecule has 0 heterocycles. The molecule has 1 rings (SSSR count). The molecule has 1 N–H and O–H groups in total. The van der Waals surface area contributed by atoms with Crippen molar-refractivity contribution in [2.24, 2.45) is 0 Å². The Balaban J connectivity index is 2.89. The van der Waals surface area contributed by atoms with Gasteiger partial charge in [0.2, 0.25) is 10.0 Å². The minimum atomic E-state index is -3.64. The summed E-state index contributed by atoms with van der Waals surface area (Å²) in [5.74, 6) is 0. The number of nitrogens with one attached hydrogen (secondary N) is 1. The number of benzene rings is 1. The summed E-state index contributed by atoms with van der Waals surface area (Å²) in [7, 11) is -3.64. The zero-order valence-electron chi connectivity index (χ0n) is 9.84. The Morgan fingerprint density at radius 3 is 2.39 bits per heavy atom. The van der Waals surface area contributed by atoms with Crippen molar-refractivity contribution in [3.8, 4) is 0 Å². The highest BCUT2D eigenvalue weighted by atomic mass is 35.5. The predicted molar refractivity (Wildman–Crippen MR) is 76.2 cm³/mol. The third kappa shape index (κ3) is 4.00. The summed E-state index contributed by atoms with van der Waals surface area (Å²) in [6.45, 7) is 2.43. The van der Waals surface area contributed by atoms with Gasteiger partial charge in [-0.05, 0) is 18.6 Å². The summed E-state index contributed by atoms with van der Waals surface area (Å²) in [5.41, 5.74) is 0. The fourth-order valence-electron chi connectivity index (χ4n) is 1.38. The van der Waals surface area contributed by atoms with E-state index in [1.54, 1.807) is 0 Å². The molecule has 0 saturated heterocycles. The van der Waals surface area contributed by atoms with E-state index in [2.05, 4.69) is 4.72 Å². The first-order valence-corrected chi connectivity index (χ1v) is 8.15. The maximum Gasteiger partial charge on any atom is 0.242 e. The Bertz CT molecular complexity index is 517. The fraction of sp³-hybridized carbons (Fsp3) is 0.455. The third-order valence-electron chi connectivity index (χ3n) is 2.36. The smallest absolute Gasteiger partial charge is 0.211 e. The molecule has 0 aliphatic heterocycles. The number of hydrogen-bond donors (Lipinski definition) is 1. The lowest BCUT2D eigenvalue weighted by Crippen LogP contribution is -2.25. The molecular weight excluding hydrogens is 317 g/mol. The second kappa shape index (κ2) is 6.96. The van der Waals surface area contributed by atoms with Crippen molar-refractivity contribution in [2.75, 3.05) is 6.54 Å². The van der Waals surface area contributed by atoms with Crippen LogP contribution in [0.3, 0.4) is 0 Å². The van der Waals surface area contributed by atoms with Crippen LogP contribution in [0.4, 0.5) is 0 Å². The second-order valence-electron chi connectivity index (χ2n) is 3.78. The lowest BCUT2D eigenvalue weighted by molar-refractivity contribution is 0.576.